The molecule has 0 radical (unpaired) electrons. The van der Waals surface area contributed by atoms with Crippen molar-refractivity contribution < 1.29 is 0 Å². The van der Waals surface area contributed by atoms with Gasteiger partial charge in [-0.3, -0.25) is 0 Å². The maximum Gasteiger partial charge on any atom is 0.0283 e. The van der Waals surface area contributed by atoms with Gasteiger partial charge in [0, 0.05) is 18.8 Å². The van der Waals surface area contributed by atoms with Gasteiger partial charge in [-0.2, -0.15) is 0 Å². The lowest BCUT2D eigenvalue weighted by Crippen LogP contribution is -2.31. The molecule has 1 nitrogen and oxygen atoms in total. The Morgan fingerprint density at radius 3 is 2.47 bits per heavy atom. The zero-order valence-corrected chi connectivity index (χ0v) is 10.1. The fourth-order valence-corrected chi connectivity index (χ4v) is 2.15. The Hall–Kier alpha value is -0.980. The summed E-state index contributed by atoms with van der Waals surface area (Å²) in [6.07, 6.45) is 14.9. The van der Waals surface area contributed by atoms with E-state index in [9.17, 15) is 0 Å². The fourth-order valence-electron chi connectivity index (χ4n) is 2.15. The van der Waals surface area contributed by atoms with Crippen molar-refractivity contribution in [2.75, 3.05) is 7.05 Å². The number of hydrogen-bond donors (Lipinski definition) is 0. The quantitative estimate of drug-likeness (QED) is 0.629. The molecule has 0 aliphatic heterocycles. The van der Waals surface area contributed by atoms with Crippen LogP contribution in [0.25, 0.3) is 0 Å². The van der Waals surface area contributed by atoms with Gasteiger partial charge in [0.05, 0.1) is 0 Å². The zero-order valence-electron chi connectivity index (χ0n) is 10.1. The van der Waals surface area contributed by atoms with E-state index < -0.39 is 0 Å². The van der Waals surface area contributed by atoms with Crippen LogP contribution in [0.5, 0.6) is 0 Å². The lowest BCUT2D eigenvalue weighted by atomic mass is 9.94. The molecule has 0 N–H and O–H groups in total. The summed E-state index contributed by atoms with van der Waals surface area (Å²) in [5.74, 6) is 0. The van der Waals surface area contributed by atoms with E-state index in [-0.39, 0.29) is 0 Å². The van der Waals surface area contributed by atoms with Crippen LogP contribution >= 0.6 is 0 Å². The van der Waals surface area contributed by atoms with Crippen LogP contribution in [-0.4, -0.2) is 18.0 Å². The summed E-state index contributed by atoms with van der Waals surface area (Å²) in [4.78, 5) is 2.42. The first-order valence-electron chi connectivity index (χ1n) is 5.94. The molecule has 0 aromatic rings. The maximum atomic E-state index is 3.66. The topological polar surface area (TPSA) is 3.24 Å². The van der Waals surface area contributed by atoms with Gasteiger partial charge in [0.15, 0.2) is 0 Å². The highest BCUT2D eigenvalue weighted by atomic mass is 15.1. The Kier molecular flexibility index (Phi) is 5.23. The highest BCUT2D eigenvalue weighted by Crippen LogP contribution is 2.23. The second-order valence-electron chi connectivity index (χ2n) is 4.33. The number of hydrogen-bond acceptors (Lipinski definition) is 1. The highest BCUT2D eigenvalue weighted by Gasteiger charge is 2.17. The van der Waals surface area contributed by atoms with Crippen molar-refractivity contribution in [3.63, 3.8) is 0 Å². The molecule has 0 aromatic heterocycles. The van der Waals surface area contributed by atoms with Gasteiger partial charge >= 0.3 is 0 Å². The van der Waals surface area contributed by atoms with Gasteiger partial charge in [-0.1, -0.05) is 44.1 Å². The molecule has 0 bridgehead atoms. The van der Waals surface area contributed by atoms with Crippen LogP contribution in [0, 0.1) is 0 Å². The molecule has 0 spiro atoms. The Morgan fingerprint density at radius 1 is 1.20 bits per heavy atom. The minimum atomic E-state index is 0.757. The smallest absolute Gasteiger partial charge is 0.0283 e. The van der Waals surface area contributed by atoms with E-state index in [2.05, 4.69) is 37.6 Å². The van der Waals surface area contributed by atoms with E-state index in [0.29, 0.717) is 0 Å². The molecular weight excluding hydrogens is 182 g/mol. The van der Waals surface area contributed by atoms with Gasteiger partial charge in [-0.25, -0.2) is 0 Å². The molecule has 1 aliphatic rings. The molecular formula is C14H23N. The fraction of sp³-hybridized carbons (Fsp3) is 0.571. The van der Waals surface area contributed by atoms with Crippen molar-refractivity contribution in [3.05, 3.63) is 36.6 Å². The maximum absolute atomic E-state index is 3.66. The van der Waals surface area contributed by atoms with Crippen molar-refractivity contribution in [1.82, 2.24) is 4.90 Å². The SMILES string of the molecule is C=C/C=C\C=C(/C)N(C)C1CCCCC1. The number of rotatable bonds is 4. The molecule has 1 fully saturated rings. The third-order valence-electron chi connectivity index (χ3n) is 3.26. The molecule has 0 heterocycles. The molecule has 0 amide bonds. The number of allylic oxidation sites excluding steroid dienone is 5. The first kappa shape index (κ1) is 12.1. The Balaban J connectivity index is 2.49. The zero-order chi connectivity index (χ0) is 11.1. The minimum Gasteiger partial charge on any atom is -0.375 e. The normalized spacial score (nSPS) is 19.5. The summed E-state index contributed by atoms with van der Waals surface area (Å²) in [6.45, 7) is 5.85. The van der Waals surface area contributed by atoms with Crippen molar-refractivity contribution in [3.8, 4) is 0 Å². The van der Waals surface area contributed by atoms with Crippen molar-refractivity contribution in [2.24, 2.45) is 0 Å². The third kappa shape index (κ3) is 3.94. The molecule has 1 saturated carbocycles. The monoisotopic (exact) mass is 205 g/mol. The summed E-state index contributed by atoms with van der Waals surface area (Å²) in [6, 6.07) is 0.757. The average Bonchev–Trinajstić information content (AvgIpc) is 2.29. The van der Waals surface area contributed by atoms with Crippen LogP contribution in [0.4, 0.5) is 0 Å². The lowest BCUT2D eigenvalue weighted by molar-refractivity contribution is 0.236. The average molecular weight is 205 g/mol. The predicted molar refractivity (Wildman–Crippen MR) is 67.7 cm³/mol. The van der Waals surface area contributed by atoms with Crippen LogP contribution in [0.15, 0.2) is 36.6 Å². The molecule has 1 aliphatic carbocycles. The minimum absolute atomic E-state index is 0.757. The van der Waals surface area contributed by atoms with Gasteiger partial charge < -0.3 is 4.90 Å². The van der Waals surface area contributed by atoms with Crippen LogP contribution in [-0.2, 0) is 0 Å². The van der Waals surface area contributed by atoms with Crippen molar-refractivity contribution in [2.45, 2.75) is 45.1 Å². The Labute approximate surface area is 94.2 Å². The second-order valence-corrected chi connectivity index (χ2v) is 4.33. The van der Waals surface area contributed by atoms with Crippen molar-refractivity contribution >= 4 is 0 Å². The number of nitrogens with zero attached hydrogens (tertiary/aromatic N) is 1. The summed E-state index contributed by atoms with van der Waals surface area (Å²) < 4.78 is 0. The van der Waals surface area contributed by atoms with Gasteiger partial charge in [-0.05, 0) is 25.8 Å². The van der Waals surface area contributed by atoms with Crippen LogP contribution in [0.2, 0.25) is 0 Å². The molecule has 0 aromatic carbocycles. The van der Waals surface area contributed by atoms with Gasteiger partial charge in [0.1, 0.15) is 0 Å². The van der Waals surface area contributed by atoms with E-state index in [1.807, 2.05) is 12.2 Å². The molecule has 1 rings (SSSR count). The standard InChI is InChI=1S/C14H23N/c1-4-5-7-10-13(2)15(3)14-11-8-6-9-12-14/h4-5,7,10,14H,1,6,8-9,11-12H2,2-3H3/b7-5-,13-10+. The van der Waals surface area contributed by atoms with E-state index >= 15 is 0 Å². The molecule has 15 heavy (non-hydrogen) atoms. The summed E-state index contributed by atoms with van der Waals surface area (Å²) >= 11 is 0. The van der Waals surface area contributed by atoms with Gasteiger partial charge in [-0.15, -0.1) is 0 Å². The molecule has 0 atom stereocenters. The largest absolute Gasteiger partial charge is 0.375 e. The molecule has 0 saturated heterocycles. The van der Waals surface area contributed by atoms with E-state index in [4.69, 9.17) is 0 Å². The first-order chi connectivity index (χ1) is 7.25. The van der Waals surface area contributed by atoms with E-state index in [0.717, 1.165) is 6.04 Å². The molecule has 84 valence electrons. The van der Waals surface area contributed by atoms with Crippen molar-refractivity contribution in [1.29, 1.82) is 0 Å². The Morgan fingerprint density at radius 2 is 1.87 bits per heavy atom. The van der Waals surface area contributed by atoms with E-state index in [1.54, 1.807) is 0 Å². The Bertz CT molecular complexity index is 244. The molecule has 1 heteroatoms. The van der Waals surface area contributed by atoms with Gasteiger partial charge in [0.2, 0.25) is 0 Å². The second kappa shape index (κ2) is 6.49. The van der Waals surface area contributed by atoms with Crippen LogP contribution < -0.4 is 0 Å². The summed E-state index contributed by atoms with van der Waals surface area (Å²) in [7, 11) is 2.21. The summed E-state index contributed by atoms with van der Waals surface area (Å²) in [5.41, 5.74) is 1.35. The first-order valence-corrected chi connectivity index (χ1v) is 5.94. The lowest BCUT2D eigenvalue weighted by Gasteiger charge is -2.33. The van der Waals surface area contributed by atoms with Crippen LogP contribution in [0.3, 0.4) is 0 Å². The highest BCUT2D eigenvalue weighted by molar-refractivity contribution is 5.14. The van der Waals surface area contributed by atoms with E-state index in [1.165, 1.54) is 37.8 Å². The summed E-state index contributed by atoms with van der Waals surface area (Å²) in [5, 5.41) is 0. The van der Waals surface area contributed by atoms with Crippen LogP contribution in [0.1, 0.15) is 39.0 Å². The van der Waals surface area contributed by atoms with Gasteiger partial charge in [0.25, 0.3) is 0 Å². The molecule has 0 unspecified atom stereocenters. The third-order valence-corrected chi connectivity index (χ3v) is 3.26. The predicted octanol–water partition coefficient (Wildman–Crippen LogP) is 3.90.